The van der Waals surface area contributed by atoms with Crippen molar-refractivity contribution in [1.29, 1.82) is 0 Å². The first-order chi connectivity index (χ1) is 22.3. The van der Waals surface area contributed by atoms with Crippen molar-refractivity contribution in [2.24, 2.45) is 0 Å². The van der Waals surface area contributed by atoms with Crippen molar-refractivity contribution >= 4 is 43.9 Å². The van der Waals surface area contributed by atoms with E-state index in [0.717, 1.165) is 21.9 Å². The van der Waals surface area contributed by atoms with Gasteiger partial charge in [0.25, 0.3) is 0 Å². The van der Waals surface area contributed by atoms with Crippen LogP contribution in [0.15, 0.2) is 162 Å². The molecule has 0 spiro atoms. The molecule has 0 N–H and O–H groups in total. The Balaban J connectivity index is 1.21. The van der Waals surface area contributed by atoms with E-state index in [1.807, 2.05) is 12.1 Å². The number of furan rings is 1. The third-order valence-electron chi connectivity index (χ3n) is 10.1. The van der Waals surface area contributed by atoms with Crippen LogP contribution in [0.5, 0.6) is 0 Å². The Morgan fingerprint density at radius 2 is 0.933 bits per heavy atom. The minimum absolute atomic E-state index is 0.232. The second-order valence-corrected chi connectivity index (χ2v) is 12.4. The fourth-order valence-electron chi connectivity index (χ4n) is 8.25. The molecule has 10 rings (SSSR count). The van der Waals surface area contributed by atoms with Gasteiger partial charge in [-0.25, -0.2) is 0 Å². The Bertz CT molecular complexity index is 2580. The predicted molar refractivity (Wildman–Crippen MR) is 186 cm³/mol. The predicted octanol–water partition coefficient (Wildman–Crippen LogP) is 9.70. The molecule has 0 radical (unpaired) electrons. The van der Waals surface area contributed by atoms with Crippen molar-refractivity contribution in [3.8, 4) is 11.1 Å². The summed E-state index contributed by atoms with van der Waals surface area (Å²) in [6.45, 7) is 0. The Kier molecular flexibility index (Phi) is 5.18. The van der Waals surface area contributed by atoms with Crippen molar-refractivity contribution in [3.05, 3.63) is 190 Å². The van der Waals surface area contributed by atoms with Crippen LogP contribution in [0.4, 0.5) is 0 Å². The van der Waals surface area contributed by atoms with E-state index >= 15 is 0 Å². The van der Waals surface area contributed by atoms with Crippen LogP contribution in [0, 0.1) is 0 Å². The molecule has 7 aromatic carbocycles. The first-order valence-corrected chi connectivity index (χ1v) is 15.8. The van der Waals surface area contributed by atoms with Crippen molar-refractivity contribution in [3.63, 3.8) is 0 Å². The van der Waals surface area contributed by atoms with Crippen LogP contribution in [-0.2, 0) is 0 Å². The monoisotopic (exact) mass is 572 g/mol. The maximum Gasteiger partial charge on any atom is 0.135 e. The molecule has 2 aliphatic carbocycles. The summed E-state index contributed by atoms with van der Waals surface area (Å²) in [5.74, 6) is 0.477. The fourth-order valence-corrected chi connectivity index (χ4v) is 8.25. The van der Waals surface area contributed by atoms with E-state index < -0.39 is 0 Å². The Morgan fingerprint density at radius 3 is 1.64 bits per heavy atom. The zero-order valence-electron chi connectivity index (χ0n) is 24.6. The molecule has 1 aromatic heterocycles. The second kappa shape index (κ2) is 9.42. The summed E-state index contributed by atoms with van der Waals surface area (Å²) in [6.07, 6.45) is 0. The van der Waals surface area contributed by atoms with E-state index in [-0.39, 0.29) is 11.8 Å². The maximum absolute atomic E-state index is 6.10. The van der Waals surface area contributed by atoms with Gasteiger partial charge in [0.15, 0.2) is 0 Å². The van der Waals surface area contributed by atoms with Gasteiger partial charge in [-0.05, 0) is 83.9 Å². The van der Waals surface area contributed by atoms with E-state index in [1.165, 1.54) is 65.7 Å². The smallest absolute Gasteiger partial charge is 0.135 e. The molecular formula is C44H28O. The third-order valence-corrected chi connectivity index (χ3v) is 10.1. The van der Waals surface area contributed by atoms with Gasteiger partial charge in [0.05, 0.1) is 0 Å². The van der Waals surface area contributed by atoms with E-state index in [0.29, 0.717) is 0 Å². The molecule has 1 nitrogen and oxygen atoms in total. The summed E-state index contributed by atoms with van der Waals surface area (Å²) in [4.78, 5) is 0. The number of rotatable bonds is 3. The molecule has 0 aliphatic heterocycles. The molecule has 2 unspecified atom stereocenters. The average molecular weight is 573 g/mol. The van der Waals surface area contributed by atoms with E-state index in [1.54, 1.807) is 0 Å². The SMILES string of the molecule is c1ccc(C2=c3ccccc3=C(c3ccc(-c4ccc5oc6ccccc6c5c4)cc3)C3c4cccc5cccc(c45)C23)cc1. The van der Waals surface area contributed by atoms with Gasteiger partial charge in [-0.1, -0.05) is 140 Å². The topological polar surface area (TPSA) is 13.1 Å². The van der Waals surface area contributed by atoms with Crippen molar-refractivity contribution < 1.29 is 4.42 Å². The molecule has 2 atom stereocenters. The van der Waals surface area contributed by atoms with Crippen LogP contribution in [0.1, 0.15) is 34.1 Å². The largest absolute Gasteiger partial charge is 0.456 e. The summed E-state index contributed by atoms with van der Waals surface area (Å²) >= 11 is 0. The number of benzene rings is 7. The highest BCUT2D eigenvalue weighted by Crippen LogP contribution is 2.56. The first-order valence-electron chi connectivity index (χ1n) is 15.8. The molecular weight excluding hydrogens is 544 g/mol. The number of para-hydroxylation sites is 1. The zero-order valence-corrected chi connectivity index (χ0v) is 24.6. The van der Waals surface area contributed by atoms with Crippen LogP contribution in [0.2, 0.25) is 0 Å². The summed E-state index contributed by atoms with van der Waals surface area (Å²) < 4.78 is 6.10. The van der Waals surface area contributed by atoms with Gasteiger partial charge in [0, 0.05) is 22.6 Å². The molecule has 0 saturated carbocycles. The highest BCUT2D eigenvalue weighted by molar-refractivity contribution is 6.06. The number of hydrogen-bond donors (Lipinski definition) is 0. The second-order valence-electron chi connectivity index (χ2n) is 12.4. The molecule has 2 aliphatic rings. The molecule has 45 heavy (non-hydrogen) atoms. The summed E-state index contributed by atoms with van der Waals surface area (Å²) in [7, 11) is 0. The quantitative estimate of drug-likeness (QED) is 0.205. The summed E-state index contributed by atoms with van der Waals surface area (Å²) in [5.41, 5.74) is 12.6. The first kappa shape index (κ1) is 24.7. The summed E-state index contributed by atoms with van der Waals surface area (Å²) in [5, 5.41) is 7.74. The zero-order chi connectivity index (χ0) is 29.5. The van der Waals surface area contributed by atoms with Gasteiger partial charge in [0.1, 0.15) is 11.2 Å². The van der Waals surface area contributed by atoms with Crippen molar-refractivity contribution in [2.45, 2.75) is 11.8 Å². The molecule has 0 bridgehead atoms. The van der Waals surface area contributed by atoms with Gasteiger partial charge in [-0.15, -0.1) is 0 Å². The molecule has 0 amide bonds. The van der Waals surface area contributed by atoms with Gasteiger partial charge in [0.2, 0.25) is 0 Å². The minimum Gasteiger partial charge on any atom is -0.456 e. The maximum atomic E-state index is 6.10. The molecule has 8 aromatic rings. The van der Waals surface area contributed by atoms with Crippen molar-refractivity contribution in [1.82, 2.24) is 0 Å². The van der Waals surface area contributed by atoms with Crippen LogP contribution in [0.3, 0.4) is 0 Å². The lowest BCUT2D eigenvalue weighted by Crippen LogP contribution is -2.38. The Hall–Kier alpha value is -5.66. The lowest BCUT2D eigenvalue weighted by Gasteiger charge is -2.32. The van der Waals surface area contributed by atoms with Crippen molar-refractivity contribution in [2.75, 3.05) is 0 Å². The summed E-state index contributed by atoms with van der Waals surface area (Å²) in [6, 6.07) is 57.9. The van der Waals surface area contributed by atoms with Crippen LogP contribution < -0.4 is 10.4 Å². The average Bonchev–Trinajstić information content (AvgIpc) is 3.64. The highest BCUT2D eigenvalue weighted by atomic mass is 16.3. The normalized spacial score (nSPS) is 16.8. The molecule has 0 fully saturated rings. The standard InChI is InChI=1S/C44H28O/c1-2-10-29(11-3-1)41-33-15-4-5-16-34(33)42(44-36-18-9-13-28-12-8-17-35(40(28)36)43(41)44)30-22-20-27(21-23-30)31-24-25-39-37(26-31)32-14-6-7-19-38(32)45-39/h1-26,43-44H. The third kappa shape index (κ3) is 3.56. The Morgan fingerprint density at radius 1 is 0.378 bits per heavy atom. The molecule has 1 heterocycles. The van der Waals surface area contributed by atoms with E-state index in [4.69, 9.17) is 4.42 Å². The van der Waals surface area contributed by atoms with E-state index in [2.05, 4.69) is 146 Å². The van der Waals surface area contributed by atoms with Crippen LogP contribution >= 0.6 is 0 Å². The number of hydrogen-bond acceptors (Lipinski definition) is 1. The molecule has 210 valence electrons. The van der Waals surface area contributed by atoms with Gasteiger partial charge in [-0.3, -0.25) is 0 Å². The minimum atomic E-state index is 0.232. The van der Waals surface area contributed by atoms with Gasteiger partial charge in [-0.2, -0.15) is 0 Å². The molecule has 1 heteroatoms. The van der Waals surface area contributed by atoms with Crippen LogP contribution in [-0.4, -0.2) is 0 Å². The van der Waals surface area contributed by atoms with Gasteiger partial charge >= 0.3 is 0 Å². The fraction of sp³-hybridized carbons (Fsp3) is 0.0455. The molecule has 0 saturated heterocycles. The lowest BCUT2D eigenvalue weighted by molar-refractivity contribution is 0.669. The Labute approximate surface area is 261 Å². The number of fused-ring (bicyclic) bond motifs is 7. The van der Waals surface area contributed by atoms with Crippen LogP contribution in [0.25, 0.3) is 55.0 Å². The van der Waals surface area contributed by atoms with E-state index in [9.17, 15) is 0 Å². The lowest BCUT2D eigenvalue weighted by atomic mass is 9.70. The highest BCUT2D eigenvalue weighted by Gasteiger charge is 2.41. The van der Waals surface area contributed by atoms with Gasteiger partial charge < -0.3 is 4.42 Å².